The van der Waals surface area contributed by atoms with E-state index in [-0.39, 0.29) is 5.91 Å². The second-order valence-electron chi connectivity index (χ2n) is 5.64. The van der Waals surface area contributed by atoms with Crippen LogP contribution in [0.3, 0.4) is 0 Å². The zero-order valence-electron chi connectivity index (χ0n) is 14.4. The molecule has 0 spiro atoms. The molecule has 4 heteroatoms. The summed E-state index contributed by atoms with van der Waals surface area (Å²) in [6, 6.07) is 15.7. The second-order valence-corrected chi connectivity index (χ2v) is 5.64. The van der Waals surface area contributed by atoms with Crippen molar-refractivity contribution in [2.24, 2.45) is 0 Å². The van der Waals surface area contributed by atoms with E-state index in [9.17, 15) is 4.79 Å². The van der Waals surface area contributed by atoms with Crippen LogP contribution in [0.25, 0.3) is 0 Å². The van der Waals surface area contributed by atoms with E-state index in [0.717, 1.165) is 24.0 Å². The van der Waals surface area contributed by atoms with E-state index in [1.54, 1.807) is 7.11 Å². The Morgan fingerprint density at radius 3 is 2.54 bits per heavy atom. The predicted molar refractivity (Wildman–Crippen MR) is 95.1 cm³/mol. The molecule has 0 aliphatic heterocycles. The highest BCUT2D eigenvalue weighted by molar-refractivity contribution is 5.75. The van der Waals surface area contributed by atoms with E-state index >= 15 is 0 Å². The Morgan fingerprint density at radius 1 is 1.04 bits per heavy atom. The smallest absolute Gasteiger partial charge is 0.220 e. The number of hydrogen-bond donors (Lipinski definition) is 1. The first-order valence-corrected chi connectivity index (χ1v) is 8.33. The molecular weight excluding hydrogens is 302 g/mol. The van der Waals surface area contributed by atoms with E-state index in [4.69, 9.17) is 9.47 Å². The highest BCUT2D eigenvalue weighted by Gasteiger charge is 2.07. The van der Waals surface area contributed by atoms with E-state index < -0.39 is 0 Å². The fraction of sp³-hybridized carbons (Fsp3) is 0.350. The van der Waals surface area contributed by atoms with Gasteiger partial charge in [-0.15, -0.1) is 0 Å². The lowest BCUT2D eigenvalue weighted by molar-refractivity contribution is -0.121. The third-order valence-electron chi connectivity index (χ3n) is 3.71. The first-order valence-electron chi connectivity index (χ1n) is 8.33. The van der Waals surface area contributed by atoms with Crippen LogP contribution >= 0.6 is 0 Å². The number of ether oxygens (including phenoxy) is 2. The number of hydrogen-bond acceptors (Lipinski definition) is 3. The number of benzene rings is 2. The summed E-state index contributed by atoms with van der Waals surface area (Å²) in [6.07, 6.45) is 2.52. The number of unbranched alkanes of at least 4 members (excludes halogenated alkanes) is 1. The quantitative estimate of drug-likeness (QED) is 0.755. The SMILES string of the molecule is CCCCC(=O)NCc1ccc(OCc2ccccc2)c(OC)c1. The summed E-state index contributed by atoms with van der Waals surface area (Å²) in [4.78, 5) is 11.7. The Hall–Kier alpha value is -2.49. The maximum Gasteiger partial charge on any atom is 0.220 e. The van der Waals surface area contributed by atoms with Gasteiger partial charge in [-0.25, -0.2) is 0 Å². The molecule has 2 rings (SSSR count). The highest BCUT2D eigenvalue weighted by Crippen LogP contribution is 2.28. The zero-order valence-corrected chi connectivity index (χ0v) is 14.4. The molecule has 2 aromatic rings. The average molecular weight is 327 g/mol. The van der Waals surface area contributed by atoms with Crippen molar-refractivity contribution in [3.63, 3.8) is 0 Å². The summed E-state index contributed by atoms with van der Waals surface area (Å²) in [5.74, 6) is 1.45. The zero-order chi connectivity index (χ0) is 17.2. The molecule has 0 bridgehead atoms. The number of carbonyl (C=O) groups is 1. The van der Waals surface area contributed by atoms with Crippen molar-refractivity contribution in [1.82, 2.24) is 5.32 Å². The second kappa shape index (κ2) is 9.60. The van der Waals surface area contributed by atoms with Gasteiger partial charge in [-0.3, -0.25) is 4.79 Å². The van der Waals surface area contributed by atoms with Crippen LogP contribution in [0.15, 0.2) is 48.5 Å². The number of rotatable bonds is 9. The molecule has 1 amide bonds. The Labute approximate surface area is 143 Å². The normalized spacial score (nSPS) is 10.2. The maximum atomic E-state index is 11.7. The fourth-order valence-electron chi connectivity index (χ4n) is 2.30. The van der Waals surface area contributed by atoms with E-state index in [2.05, 4.69) is 12.2 Å². The lowest BCUT2D eigenvalue weighted by atomic mass is 10.2. The maximum absolute atomic E-state index is 11.7. The molecule has 0 unspecified atom stereocenters. The summed E-state index contributed by atoms with van der Waals surface area (Å²) >= 11 is 0. The fourth-order valence-corrected chi connectivity index (χ4v) is 2.30. The van der Waals surface area contributed by atoms with Gasteiger partial charge in [0.15, 0.2) is 11.5 Å². The van der Waals surface area contributed by atoms with Crippen LogP contribution in [0.1, 0.15) is 37.3 Å². The molecule has 0 heterocycles. The highest BCUT2D eigenvalue weighted by atomic mass is 16.5. The minimum Gasteiger partial charge on any atom is -0.493 e. The first kappa shape index (κ1) is 17.9. The molecule has 24 heavy (non-hydrogen) atoms. The van der Waals surface area contributed by atoms with Gasteiger partial charge >= 0.3 is 0 Å². The monoisotopic (exact) mass is 327 g/mol. The lowest BCUT2D eigenvalue weighted by Crippen LogP contribution is -2.22. The minimum atomic E-state index is 0.0835. The topological polar surface area (TPSA) is 47.6 Å². The van der Waals surface area contributed by atoms with Gasteiger partial charge in [0.05, 0.1) is 7.11 Å². The van der Waals surface area contributed by atoms with Gasteiger partial charge in [0.2, 0.25) is 5.91 Å². The van der Waals surface area contributed by atoms with E-state index in [1.165, 1.54) is 0 Å². The van der Waals surface area contributed by atoms with Gasteiger partial charge in [0.1, 0.15) is 6.61 Å². The number of amides is 1. The van der Waals surface area contributed by atoms with Crippen LogP contribution in [-0.2, 0) is 17.9 Å². The van der Waals surface area contributed by atoms with Gasteiger partial charge in [0, 0.05) is 13.0 Å². The van der Waals surface area contributed by atoms with Crippen molar-refractivity contribution in [2.45, 2.75) is 39.3 Å². The standard InChI is InChI=1S/C20H25NO3/c1-3-4-10-20(22)21-14-17-11-12-18(19(13-17)23-2)24-15-16-8-6-5-7-9-16/h5-9,11-13H,3-4,10,14-15H2,1-2H3,(H,21,22). The van der Waals surface area contributed by atoms with Crippen LogP contribution in [0.5, 0.6) is 11.5 Å². The Kier molecular flexibility index (Phi) is 7.15. The Bertz CT molecular complexity index is 641. The van der Waals surface area contributed by atoms with Crippen molar-refractivity contribution in [3.8, 4) is 11.5 Å². The molecule has 0 radical (unpaired) electrons. The van der Waals surface area contributed by atoms with Crippen molar-refractivity contribution < 1.29 is 14.3 Å². The number of carbonyl (C=O) groups excluding carboxylic acids is 1. The molecule has 0 aliphatic rings. The molecule has 0 saturated heterocycles. The predicted octanol–water partition coefficient (Wildman–Crippen LogP) is 4.08. The lowest BCUT2D eigenvalue weighted by Gasteiger charge is -2.13. The van der Waals surface area contributed by atoms with Gasteiger partial charge < -0.3 is 14.8 Å². The number of methoxy groups -OCH3 is 1. The van der Waals surface area contributed by atoms with Crippen molar-refractivity contribution in [1.29, 1.82) is 0 Å². The Morgan fingerprint density at radius 2 is 1.83 bits per heavy atom. The van der Waals surface area contributed by atoms with Gasteiger partial charge in [0.25, 0.3) is 0 Å². The molecule has 1 N–H and O–H groups in total. The summed E-state index contributed by atoms with van der Waals surface area (Å²) in [7, 11) is 1.62. The first-order chi connectivity index (χ1) is 11.7. The molecule has 0 aromatic heterocycles. The number of nitrogens with one attached hydrogen (secondary N) is 1. The van der Waals surface area contributed by atoms with Crippen molar-refractivity contribution in [3.05, 3.63) is 59.7 Å². The summed E-state index contributed by atoms with van der Waals surface area (Å²) in [5, 5.41) is 2.93. The molecule has 0 aliphatic carbocycles. The van der Waals surface area contributed by atoms with Crippen molar-refractivity contribution in [2.75, 3.05) is 7.11 Å². The molecule has 4 nitrogen and oxygen atoms in total. The average Bonchev–Trinajstić information content (AvgIpc) is 2.64. The van der Waals surface area contributed by atoms with Crippen molar-refractivity contribution >= 4 is 5.91 Å². The summed E-state index contributed by atoms with van der Waals surface area (Å²) in [5.41, 5.74) is 2.09. The molecule has 2 aromatic carbocycles. The summed E-state index contributed by atoms with van der Waals surface area (Å²) in [6.45, 7) is 3.06. The largest absolute Gasteiger partial charge is 0.493 e. The minimum absolute atomic E-state index is 0.0835. The molecule has 0 saturated carbocycles. The summed E-state index contributed by atoms with van der Waals surface area (Å²) < 4.78 is 11.2. The molecule has 0 atom stereocenters. The Balaban J connectivity index is 1.93. The van der Waals surface area contributed by atoms with Gasteiger partial charge in [-0.1, -0.05) is 49.7 Å². The van der Waals surface area contributed by atoms with Crippen LogP contribution in [0, 0.1) is 0 Å². The van der Waals surface area contributed by atoms with Crippen LogP contribution in [-0.4, -0.2) is 13.0 Å². The van der Waals surface area contributed by atoms with E-state index in [0.29, 0.717) is 31.1 Å². The van der Waals surface area contributed by atoms with Gasteiger partial charge in [-0.2, -0.15) is 0 Å². The third-order valence-corrected chi connectivity index (χ3v) is 3.71. The van der Waals surface area contributed by atoms with Crippen LogP contribution in [0.4, 0.5) is 0 Å². The molecule has 0 fully saturated rings. The van der Waals surface area contributed by atoms with E-state index in [1.807, 2.05) is 48.5 Å². The third kappa shape index (κ3) is 5.61. The molecule has 128 valence electrons. The van der Waals surface area contributed by atoms with Crippen LogP contribution < -0.4 is 14.8 Å². The van der Waals surface area contributed by atoms with Gasteiger partial charge in [-0.05, 0) is 29.7 Å². The molecular formula is C20H25NO3. The van der Waals surface area contributed by atoms with Crippen LogP contribution in [0.2, 0.25) is 0 Å².